The standard InChI is InChI=1S/C24H4F10N2S4/c25-11-9(12(26)16(30)19(33)15(11)29)5-1-3-7(37-5)21-35-23-24(39-21)36-22(40-23)8-4-2-6(38-8)10-13(27)17(31)20(34)18(32)14(10)28/h1-4H. The van der Waals surface area contributed by atoms with Crippen molar-refractivity contribution in [1.82, 2.24) is 9.97 Å². The predicted molar refractivity (Wildman–Crippen MR) is 132 cm³/mol. The van der Waals surface area contributed by atoms with E-state index in [0.717, 1.165) is 45.3 Å². The Morgan fingerprint density at radius 3 is 0.950 bits per heavy atom. The average molecular weight is 639 g/mol. The van der Waals surface area contributed by atoms with E-state index < -0.39 is 69.3 Å². The number of hydrogen-bond acceptors (Lipinski definition) is 6. The lowest BCUT2D eigenvalue weighted by atomic mass is 10.1. The second-order valence-corrected chi connectivity index (χ2v) is 12.0. The molecule has 6 rings (SSSR count). The molecule has 0 radical (unpaired) electrons. The van der Waals surface area contributed by atoms with E-state index in [1.165, 1.54) is 24.3 Å². The minimum absolute atomic E-state index is 0.214. The predicted octanol–water partition coefficient (Wildman–Crippen LogP) is 9.93. The fraction of sp³-hybridized carbons (Fsp3) is 0. The highest BCUT2D eigenvalue weighted by atomic mass is 32.1. The SMILES string of the molecule is Fc1c(F)c(F)c(-c2ccc(-c3nc4sc(-c5ccc(-c6c(F)c(F)c(F)c(F)c6F)s5)nc4s3)s2)c(F)c1F. The van der Waals surface area contributed by atoms with Gasteiger partial charge in [-0.2, -0.15) is 0 Å². The first kappa shape index (κ1) is 26.9. The summed E-state index contributed by atoms with van der Waals surface area (Å²) in [5, 5.41) is 0.683. The maximum Gasteiger partial charge on any atom is 0.200 e. The molecular formula is C24H4F10N2S4. The van der Waals surface area contributed by atoms with Gasteiger partial charge in [0.1, 0.15) is 10.0 Å². The van der Waals surface area contributed by atoms with Crippen molar-refractivity contribution in [2.45, 2.75) is 0 Å². The normalized spacial score (nSPS) is 11.8. The van der Waals surface area contributed by atoms with E-state index in [9.17, 15) is 43.9 Å². The summed E-state index contributed by atoms with van der Waals surface area (Å²) in [5.41, 5.74) is -2.12. The molecule has 204 valence electrons. The van der Waals surface area contributed by atoms with Gasteiger partial charge < -0.3 is 0 Å². The maximum atomic E-state index is 14.2. The third-order valence-corrected chi connectivity index (χ3v) is 10.1. The molecule has 0 fully saturated rings. The number of halogens is 10. The van der Waals surface area contributed by atoms with Crippen LogP contribution in [0.2, 0.25) is 0 Å². The Morgan fingerprint density at radius 2 is 0.625 bits per heavy atom. The second-order valence-electron chi connectivity index (χ2n) is 7.87. The van der Waals surface area contributed by atoms with E-state index in [4.69, 9.17) is 0 Å². The van der Waals surface area contributed by atoms with E-state index in [1.54, 1.807) is 0 Å². The van der Waals surface area contributed by atoms with Crippen LogP contribution in [0.1, 0.15) is 0 Å². The molecule has 2 aromatic carbocycles. The lowest BCUT2D eigenvalue weighted by molar-refractivity contribution is 0.381. The monoisotopic (exact) mass is 638 g/mol. The van der Waals surface area contributed by atoms with E-state index >= 15 is 0 Å². The second kappa shape index (κ2) is 9.64. The molecule has 0 saturated carbocycles. The molecule has 40 heavy (non-hydrogen) atoms. The molecule has 0 saturated heterocycles. The lowest BCUT2D eigenvalue weighted by Gasteiger charge is -2.06. The molecule has 16 heteroatoms. The number of thiophene rings is 2. The molecule has 0 bridgehead atoms. The largest absolute Gasteiger partial charge is 0.222 e. The summed E-state index contributed by atoms with van der Waals surface area (Å²) >= 11 is 3.60. The molecule has 0 aliphatic rings. The fourth-order valence-corrected chi connectivity index (χ4v) is 7.90. The maximum absolute atomic E-state index is 14.2. The smallest absolute Gasteiger partial charge is 0.200 e. The first-order valence-electron chi connectivity index (χ1n) is 10.5. The summed E-state index contributed by atoms with van der Waals surface area (Å²) in [5.74, 6) is -20.6. The van der Waals surface area contributed by atoms with Crippen molar-refractivity contribution in [3.8, 4) is 40.7 Å². The highest BCUT2D eigenvalue weighted by molar-refractivity contribution is 7.32. The molecule has 0 atom stereocenters. The zero-order chi connectivity index (χ0) is 28.6. The van der Waals surface area contributed by atoms with Gasteiger partial charge in [-0.25, -0.2) is 53.9 Å². The van der Waals surface area contributed by atoms with Crippen LogP contribution in [-0.2, 0) is 0 Å². The Kier molecular flexibility index (Phi) is 6.47. The van der Waals surface area contributed by atoms with Gasteiger partial charge in [-0.3, -0.25) is 0 Å². The number of benzene rings is 2. The van der Waals surface area contributed by atoms with E-state index in [0.29, 0.717) is 29.4 Å². The molecule has 0 unspecified atom stereocenters. The van der Waals surface area contributed by atoms with Gasteiger partial charge >= 0.3 is 0 Å². The van der Waals surface area contributed by atoms with Gasteiger partial charge in [0.15, 0.2) is 56.2 Å². The number of thiazole rings is 2. The molecule has 4 heterocycles. The van der Waals surface area contributed by atoms with Crippen LogP contribution >= 0.6 is 45.3 Å². The van der Waals surface area contributed by atoms with Crippen molar-refractivity contribution in [3.63, 3.8) is 0 Å². The van der Waals surface area contributed by atoms with Gasteiger partial charge in [0, 0.05) is 9.75 Å². The Bertz CT molecular complexity index is 1760. The molecular weight excluding hydrogens is 635 g/mol. The highest BCUT2D eigenvalue weighted by Crippen LogP contribution is 2.44. The van der Waals surface area contributed by atoms with Gasteiger partial charge in [-0.05, 0) is 24.3 Å². The zero-order valence-electron chi connectivity index (χ0n) is 18.6. The van der Waals surface area contributed by atoms with Crippen LogP contribution in [0.5, 0.6) is 0 Å². The van der Waals surface area contributed by atoms with Crippen LogP contribution in [0.15, 0.2) is 24.3 Å². The molecule has 0 amide bonds. The molecule has 0 N–H and O–H groups in total. The number of rotatable bonds is 4. The molecule has 0 spiro atoms. The molecule has 2 nitrogen and oxygen atoms in total. The molecule has 4 aromatic heterocycles. The first-order valence-corrected chi connectivity index (χ1v) is 13.8. The van der Waals surface area contributed by atoms with Crippen molar-refractivity contribution in [1.29, 1.82) is 0 Å². The average Bonchev–Trinajstić information content (AvgIpc) is 3.72. The van der Waals surface area contributed by atoms with Gasteiger partial charge in [-0.1, -0.05) is 22.7 Å². The highest BCUT2D eigenvalue weighted by Gasteiger charge is 2.29. The minimum atomic E-state index is -2.26. The number of fused-ring (bicyclic) bond motifs is 1. The van der Waals surface area contributed by atoms with Crippen LogP contribution in [-0.4, -0.2) is 9.97 Å². The summed E-state index contributed by atoms with van der Waals surface area (Å²) in [6.45, 7) is 0. The number of aromatic nitrogens is 2. The lowest BCUT2D eigenvalue weighted by Crippen LogP contribution is -2.03. The Balaban J connectivity index is 1.32. The van der Waals surface area contributed by atoms with Crippen LogP contribution in [0.4, 0.5) is 43.9 Å². The summed E-state index contributed by atoms with van der Waals surface area (Å²) < 4.78 is 138. The van der Waals surface area contributed by atoms with Crippen molar-refractivity contribution in [2.75, 3.05) is 0 Å². The van der Waals surface area contributed by atoms with Crippen molar-refractivity contribution in [2.24, 2.45) is 0 Å². The van der Waals surface area contributed by atoms with Crippen LogP contribution in [0.25, 0.3) is 50.3 Å². The summed E-state index contributed by atoms with van der Waals surface area (Å²) in [6, 6.07) is 5.19. The zero-order valence-corrected chi connectivity index (χ0v) is 21.9. The van der Waals surface area contributed by atoms with Crippen molar-refractivity contribution < 1.29 is 43.9 Å². The molecule has 0 aliphatic heterocycles. The van der Waals surface area contributed by atoms with Crippen LogP contribution in [0, 0.1) is 58.2 Å². The third kappa shape index (κ3) is 4.03. The number of nitrogens with zero attached hydrogens (tertiary/aromatic N) is 2. The topological polar surface area (TPSA) is 25.8 Å². The minimum Gasteiger partial charge on any atom is -0.222 e. The fourth-order valence-electron chi connectivity index (χ4n) is 3.67. The van der Waals surface area contributed by atoms with Gasteiger partial charge in [0.25, 0.3) is 0 Å². The summed E-state index contributed by atoms with van der Waals surface area (Å²) in [4.78, 5) is 9.87. The van der Waals surface area contributed by atoms with Gasteiger partial charge in [0.05, 0.1) is 20.9 Å². The van der Waals surface area contributed by atoms with Crippen LogP contribution < -0.4 is 0 Å². The Labute approximate surface area is 231 Å². The summed E-state index contributed by atoms with van der Waals surface area (Å²) in [6.07, 6.45) is 0. The quantitative estimate of drug-likeness (QED) is 0.109. The van der Waals surface area contributed by atoms with Crippen molar-refractivity contribution in [3.05, 3.63) is 82.4 Å². The van der Waals surface area contributed by atoms with Crippen LogP contribution in [0.3, 0.4) is 0 Å². The Morgan fingerprint density at radius 1 is 0.350 bits per heavy atom. The van der Waals surface area contributed by atoms with Crippen molar-refractivity contribution >= 4 is 55.0 Å². The van der Waals surface area contributed by atoms with Gasteiger partial charge in [-0.15, -0.1) is 22.7 Å². The molecule has 0 aliphatic carbocycles. The summed E-state index contributed by atoms with van der Waals surface area (Å²) in [7, 11) is 0. The Hall–Kier alpha value is -3.34. The third-order valence-electron chi connectivity index (χ3n) is 5.52. The molecule has 6 aromatic rings. The first-order chi connectivity index (χ1) is 19.0. The van der Waals surface area contributed by atoms with E-state index in [1.807, 2.05) is 0 Å². The number of hydrogen-bond donors (Lipinski definition) is 0. The van der Waals surface area contributed by atoms with Gasteiger partial charge in [0.2, 0.25) is 11.6 Å². The van der Waals surface area contributed by atoms with E-state index in [2.05, 4.69) is 9.97 Å². The van der Waals surface area contributed by atoms with E-state index in [-0.39, 0.29) is 9.75 Å².